The van der Waals surface area contributed by atoms with Crippen molar-refractivity contribution in [2.24, 2.45) is 0 Å². The van der Waals surface area contributed by atoms with Crippen LogP contribution in [-0.2, 0) is 55.6 Å². The van der Waals surface area contributed by atoms with Crippen molar-refractivity contribution in [3.05, 3.63) is 57.6 Å². The maximum Gasteiger partial charge on any atom is 2.00 e. The van der Waals surface area contributed by atoms with Crippen molar-refractivity contribution in [2.75, 3.05) is 0 Å². The number of aryl methyl sites for hydroxylation is 4. The second-order valence-electron chi connectivity index (χ2n) is 12.5. The minimum absolute atomic E-state index is 0. The number of unbranched alkanes of at least 4 members (excludes halogenated alkanes) is 12. The van der Waals surface area contributed by atoms with E-state index < -0.39 is 0 Å². The van der Waals surface area contributed by atoms with Crippen molar-refractivity contribution in [2.45, 2.75) is 196 Å². The van der Waals surface area contributed by atoms with Crippen molar-refractivity contribution >= 4 is 0 Å². The van der Waals surface area contributed by atoms with E-state index in [4.69, 9.17) is 0 Å². The Morgan fingerprint density at radius 3 is 1.56 bits per heavy atom. The van der Waals surface area contributed by atoms with Gasteiger partial charge in [0.05, 0.1) is 0 Å². The molecule has 41 heavy (non-hydrogen) atoms. The Balaban J connectivity index is 0.000000856. The first kappa shape index (κ1) is 40.2. The molecule has 0 aliphatic heterocycles. The van der Waals surface area contributed by atoms with E-state index in [9.17, 15) is 0 Å². The summed E-state index contributed by atoms with van der Waals surface area (Å²) in [6, 6.07) is 9.67. The summed E-state index contributed by atoms with van der Waals surface area (Å²) in [5.41, 5.74) is 10.1. The van der Waals surface area contributed by atoms with Crippen molar-refractivity contribution < 1.29 is 17.1 Å². The van der Waals surface area contributed by atoms with Gasteiger partial charge in [-0.1, -0.05) is 196 Å². The van der Waals surface area contributed by atoms with E-state index in [0.717, 1.165) is 0 Å². The van der Waals surface area contributed by atoms with E-state index in [-0.39, 0.29) is 17.1 Å². The van der Waals surface area contributed by atoms with Gasteiger partial charge in [-0.05, 0) is 0 Å². The zero-order valence-electron chi connectivity index (χ0n) is 28.6. The topological polar surface area (TPSA) is 0 Å². The summed E-state index contributed by atoms with van der Waals surface area (Å²) in [7, 11) is 0. The van der Waals surface area contributed by atoms with E-state index in [1.807, 2.05) is 0 Å². The van der Waals surface area contributed by atoms with Crippen molar-refractivity contribution in [3.8, 4) is 0 Å². The molecule has 0 saturated heterocycles. The first-order valence-corrected chi connectivity index (χ1v) is 18.2. The molecule has 0 heterocycles. The molecule has 2 aromatic carbocycles. The van der Waals surface area contributed by atoms with Gasteiger partial charge in [0.25, 0.3) is 0 Å². The summed E-state index contributed by atoms with van der Waals surface area (Å²) < 4.78 is 0. The standard InChI is InChI=1S/C25H45.C15H25.Fe/c1-5-9-13-17-22-21-23(18-14-10-6-2)25(20-16-12-8-4)24(22)19-15-11-7-3;1-3-5-7-9-14-11-12-15(13-14)10-8-6-4-2;/h21H,5-20H2,1-4H3;11-13H,3-10H2,1-2H3;/q2*-1;+2. The largest absolute Gasteiger partial charge is 2.00 e. The van der Waals surface area contributed by atoms with Crippen LogP contribution in [0.5, 0.6) is 0 Å². The summed E-state index contributed by atoms with van der Waals surface area (Å²) in [5, 5.41) is 0. The molecular weight excluding hydrogens is 536 g/mol. The third-order valence-corrected chi connectivity index (χ3v) is 8.67. The molecule has 0 aromatic heterocycles. The van der Waals surface area contributed by atoms with Crippen LogP contribution in [0.25, 0.3) is 0 Å². The molecule has 0 amide bonds. The van der Waals surface area contributed by atoms with E-state index >= 15 is 0 Å². The van der Waals surface area contributed by atoms with E-state index in [0.29, 0.717) is 0 Å². The summed E-state index contributed by atoms with van der Waals surface area (Å²) in [5.74, 6) is 0. The minimum atomic E-state index is 0. The SMILES string of the molecule is CCCCCc1c[c-](CCCCC)c(CCCCC)c1CCCCC.CCCCCc1cc[c-](CCCCC)c1.[Fe+2]. The first-order chi connectivity index (χ1) is 19.6. The summed E-state index contributed by atoms with van der Waals surface area (Å²) in [4.78, 5) is 0. The van der Waals surface area contributed by atoms with Gasteiger partial charge in [0.2, 0.25) is 0 Å². The van der Waals surface area contributed by atoms with Crippen molar-refractivity contribution in [1.82, 2.24) is 0 Å². The van der Waals surface area contributed by atoms with Crippen LogP contribution in [-0.4, -0.2) is 0 Å². The van der Waals surface area contributed by atoms with E-state index in [2.05, 4.69) is 65.8 Å². The van der Waals surface area contributed by atoms with Gasteiger partial charge in [-0.3, -0.25) is 0 Å². The van der Waals surface area contributed by atoms with Crippen molar-refractivity contribution in [3.63, 3.8) is 0 Å². The average molecular weight is 607 g/mol. The Bertz CT molecular complexity index is 744. The quantitative estimate of drug-likeness (QED) is 0.0633. The third-order valence-electron chi connectivity index (χ3n) is 8.67. The molecule has 0 saturated carbocycles. The average Bonchev–Trinajstić information content (AvgIpc) is 3.54. The van der Waals surface area contributed by atoms with Gasteiger partial charge in [-0.25, -0.2) is 6.07 Å². The Morgan fingerprint density at radius 1 is 0.488 bits per heavy atom. The van der Waals surface area contributed by atoms with Crippen LogP contribution in [0.2, 0.25) is 0 Å². The van der Waals surface area contributed by atoms with Gasteiger partial charge in [0, 0.05) is 0 Å². The molecule has 0 spiro atoms. The Hall–Kier alpha value is -0.781. The molecule has 2 rings (SSSR count). The van der Waals surface area contributed by atoms with Gasteiger partial charge < -0.3 is 0 Å². The molecule has 0 atom stereocenters. The van der Waals surface area contributed by atoms with Gasteiger partial charge in [-0.2, -0.15) is 51.6 Å². The van der Waals surface area contributed by atoms with Crippen LogP contribution in [0, 0.1) is 0 Å². The predicted molar refractivity (Wildman–Crippen MR) is 183 cm³/mol. The number of rotatable bonds is 24. The zero-order valence-corrected chi connectivity index (χ0v) is 29.7. The molecule has 0 aliphatic carbocycles. The monoisotopic (exact) mass is 606 g/mol. The van der Waals surface area contributed by atoms with E-state index in [1.165, 1.54) is 154 Å². The maximum atomic E-state index is 2.63. The minimum Gasteiger partial charge on any atom is -0.210 e. The van der Waals surface area contributed by atoms with Gasteiger partial charge in [0.15, 0.2) is 0 Å². The molecule has 0 fully saturated rings. The first-order valence-electron chi connectivity index (χ1n) is 18.2. The van der Waals surface area contributed by atoms with Crippen molar-refractivity contribution in [1.29, 1.82) is 0 Å². The Labute approximate surface area is 269 Å². The zero-order chi connectivity index (χ0) is 29.3. The Morgan fingerprint density at radius 2 is 0.976 bits per heavy atom. The van der Waals surface area contributed by atoms with Crippen LogP contribution in [0.4, 0.5) is 0 Å². The third kappa shape index (κ3) is 18.5. The molecular formula is C40H70Fe. The van der Waals surface area contributed by atoms with E-state index in [1.54, 1.807) is 33.4 Å². The van der Waals surface area contributed by atoms with Gasteiger partial charge >= 0.3 is 17.1 Å². The molecule has 238 valence electrons. The molecule has 1 heteroatoms. The molecule has 0 bridgehead atoms. The summed E-state index contributed by atoms with van der Waals surface area (Å²) in [6.45, 7) is 13.8. The van der Waals surface area contributed by atoms with Gasteiger partial charge in [0.1, 0.15) is 0 Å². The second-order valence-corrected chi connectivity index (χ2v) is 12.5. The second kappa shape index (κ2) is 28.0. The number of hydrogen-bond donors (Lipinski definition) is 0. The van der Waals surface area contributed by atoms with Gasteiger partial charge in [-0.15, -0.1) is 0 Å². The molecule has 0 radical (unpaired) electrons. The van der Waals surface area contributed by atoms with Crippen LogP contribution in [0.15, 0.2) is 24.3 Å². The van der Waals surface area contributed by atoms with Crippen LogP contribution < -0.4 is 0 Å². The summed E-state index contributed by atoms with van der Waals surface area (Å²) in [6.07, 6.45) is 32.4. The molecule has 0 unspecified atom stereocenters. The normalized spacial score (nSPS) is 10.9. The molecule has 2 aromatic rings. The van der Waals surface area contributed by atoms with Crippen LogP contribution in [0.1, 0.15) is 190 Å². The summed E-state index contributed by atoms with van der Waals surface area (Å²) >= 11 is 0. The van der Waals surface area contributed by atoms with Crippen LogP contribution in [0.3, 0.4) is 0 Å². The number of hydrogen-bond acceptors (Lipinski definition) is 0. The predicted octanol–water partition coefficient (Wildman–Crippen LogP) is 13.2. The fraction of sp³-hybridized carbons (Fsp3) is 0.750. The molecule has 0 aliphatic rings. The maximum absolute atomic E-state index is 2.63. The fourth-order valence-electron chi connectivity index (χ4n) is 6.09. The van der Waals surface area contributed by atoms with Crippen LogP contribution >= 0.6 is 0 Å². The fourth-order valence-corrected chi connectivity index (χ4v) is 6.09. The molecule has 0 N–H and O–H groups in total. The molecule has 0 nitrogen and oxygen atoms in total. The Kier molecular flexibility index (Phi) is 27.5. The smallest absolute Gasteiger partial charge is 0.210 e.